The Bertz CT molecular complexity index is 555. The number of rotatable bonds is 3. The van der Waals surface area contributed by atoms with Gasteiger partial charge in [-0.15, -0.1) is 0 Å². The maximum Gasteiger partial charge on any atom is 0.251 e. The van der Waals surface area contributed by atoms with Crippen LogP contribution >= 0.6 is 0 Å². The van der Waals surface area contributed by atoms with Gasteiger partial charge in [0, 0.05) is 12.1 Å². The van der Waals surface area contributed by atoms with Crippen LogP contribution < -0.4 is 16.4 Å². The lowest BCUT2D eigenvalue weighted by molar-refractivity contribution is -0.148. The summed E-state index contributed by atoms with van der Waals surface area (Å²) in [6.07, 6.45) is 2.93. The summed E-state index contributed by atoms with van der Waals surface area (Å²) in [6.45, 7) is -0.0863. The number of nitrogens with two attached hydrogens (primary N) is 1. The molecule has 23 heavy (non-hydrogen) atoms. The lowest BCUT2D eigenvalue weighted by atomic mass is 9.91. The van der Waals surface area contributed by atoms with Crippen LogP contribution in [0, 0.1) is 0 Å². The highest BCUT2D eigenvalue weighted by Crippen LogP contribution is 2.24. The van der Waals surface area contributed by atoms with Gasteiger partial charge in [0.1, 0.15) is 6.61 Å². The molecule has 2 aliphatic rings. The zero-order chi connectivity index (χ0) is 16.2. The Morgan fingerprint density at radius 2 is 1.87 bits per heavy atom. The Balaban J connectivity index is 1.68. The van der Waals surface area contributed by atoms with Crippen molar-refractivity contribution in [1.29, 1.82) is 0 Å². The molecule has 0 radical (unpaired) electrons. The average molecular weight is 317 g/mol. The van der Waals surface area contributed by atoms with Crippen molar-refractivity contribution in [2.45, 2.75) is 49.9 Å². The number of amides is 2. The summed E-state index contributed by atoms with van der Waals surface area (Å²) in [5.41, 5.74) is 6.77. The van der Waals surface area contributed by atoms with Gasteiger partial charge in [0.05, 0.1) is 6.04 Å². The maximum absolute atomic E-state index is 12.6. The third-order valence-electron chi connectivity index (χ3n) is 4.55. The van der Waals surface area contributed by atoms with E-state index in [1.165, 1.54) is 0 Å². The maximum atomic E-state index is 12.6. The molecule has 2 fully saturated rings. The monoisotopic (exact) mass is 317 g/mol. The smallest absolute Gasteiger partial charge is 0.251 e. The van der Waals surface area contributed by atoms with Gasteiger partial charge in [0.25, 0.3) is 5.91 Å². The first-order valence-electron chi connectivity index (χ1n) is 8.15. The van der Waals surface area contributed by atoms with Gasteiger partial charge in [-0.1, -0.05) is 30.3 Å². The molecule has 0 aromatic heterocycles. The molecule has 1 heterocycles. The molecule has 1 saturated carbocycles. The second kappa shape index (κ2) is 7.10. The molecule has 2 atom stereocenters. The molecule has 124 valence electrons. The molecule has 1 aliphatic heterocycles. The van der Waals surface area contributed by atoms with Crippen LogP contribution in [0.3, 0.4) is 0 Å². The van der Waals surface area contributed by atoms with Gasteiger partial charge < -0.3 is 21.1 Å². The number of carbonyl (C=O) groups is 2. The Labute approximate surface area is 135 Å². The van der Waals surface area contributed by atoms with E-state index in [-0.39, 0.29) is 30.5 Å². The SMILES string of the molecule is NC1CCC(NC(=O)C2OCC(=O)NC2c2ccccc2)CC1. The first-order chi connectivity index (χ1) is 11.1. The second-order valence-corrected chi connectivity index (χ2v) is 6.31. The van der Waals surface area contributed by atoms with Crippen molar-refractivity contribution in [3.05, 3.63) is 35.9 Å². The van der Waals surface area contributed by atoms with Crippen LogP contribution in [-0.4, -0.2) is 36.6 Å². The third kappa shape index (κ3) is 3.89. The Morgan fingerprint density at radius 1 is 1.17 bits per heavy atom. The van der Waals surface area contributed by atoms with E-state index in [4.69, 9.17) is 10.5 Å². The van der Waals surface area contributed by atoms with E-state index in [0.29, 0.717) is 0 Å². The fraction of sp³-hybridized carbons (Fsp3) is 0.529. The van der Waals surface area contributed by atoms with Crippen molar-refractivity contribution >= 4 is 11.8 Å². The van der Waals surface area contributed by atoms with E-state index >= 15 is 0 Å². The van der Waals surface area contributed by atoms with Gasteiger partial charge in [-0.05, 0) is 31.2 Å². The van der Waals surface area contributed by atoms with Crippen LogP contribution in [0.1, 0.15) is 37.3 Å². The number of ether oxygens (including phenoxy) is 1. The highest BCUT2D eigenvalue weighted by Gasteiger charge is 2.37. The van der Waals surface area contributed by atoms with Gasteiger partial charge in [0.2, 0.25) is 5.91 Å². The van der Waals surface area contributed by atoms with Crippen LogP contribution in [0.5, 0.6) is 0 Å². The van der Waals surface area contributed by atoms with E-state index in [1.54, 1.807) is 0 Å². The molecule has 0 bridgehead atoms. The molecule has 2 unspecified atom stereocenters. The Hall–Kier alpha value is -1.92. The van der Waals surface area contributed by atoms with Crippen LogP contribution in [0.25, 0.3) is 0 Å². The summed E-state index contributed by atoms with van der Waals surface area (Å²) in [5, 5.41) is 5.92. The Morgan fingerprint density at radius 3 is 2.57 bits per heavy atom. The lowest BCUT2D eigenvalue weighted by Gasteiger charge is -2.34. The van der Waals surface area contributed by atoms with E-state index in [9.17, 15) is 9.59 Å². The topological polar surface area (TPSA) is 93.4 Å². The van der Waals surface area contributed by atoms with Gasteiger partial charge in [-0.3, -0.25) is 9.59 Å². The predicted molar refractivity (Wildman–Crippen MR) is 85.4 cm³/mol. The Kier molecular flexibility index (Phi) is 4.93. The quantitative estimate of drug-likeness (QED) is 0.762. The zero-order valence-corrected chi connectivity index (χ0v) is 13.0. The molecule has 3 rings (SSSR count). The third-order valence-corrected chi connectivity index (χ3v) is 4.55. The summed E-state index contributed by atoms with van der Waals surface area (Å²) in [6, 6.07) is 9.36. The number of morpholine rings is 1. The number of nitrogens with one attached hydrogen (secondary N) is 2. The molecule has 1 aromatic rings. The highest BCUT2D eigenvalue weighted by atomic mass is 16.5. The minimum Gasteiger partial charge on any atom is -0.356 e. The molecule has 0 spiro atoms. The summed E-state index contributed by atoms with van der Waals surface area (Å²) in [4.78, 5) is 24.3. The molecule has 2 amide bonds. The standard InChI is InChI=1S/C17H23N3O3/c18-12-6-8-13(9-7-12)19-17(22)16-15(20-14(21)10-23-16)11-4-2-1-3-5-11/h1-5,12-13,15-16H,6-10,18H2,(H,19,22)(H,20,21). The summed E-state index contributed by atoms with van der Waals surface area (Å²) in [7, 11) is 0. The van der Waals surface area contributed by atoms with Crippen molar-refractivity contribution < 1.29 is 14.3 Å². The van der Waals surface area contributed by atoms with Crippen LogP contribution in [0.15, 0.2) is 30.3 Å². The van der Waals surface area contributed by atoms with Crippen LogP contribution in [0.2, 0.25) is 0 Å². The fourth-order valence-electron chi connectivity index (χ4n) is 3.24. The molecule has 1 saturated heterocycles. The summed E-state index contributed by atoms with van der Waals surface area (Å²) >= 11 is 0. The van der Waals surface area contributed by atoms with E-state index in [2.05, 4.69) is 10.6 Å². The first-order valence-corrected chi connectivity index (χ1v) is 8.15. The average Bonchev–Trinajstić information content (AvgIpc) is 2.57. The molecular formula is C17H23N3O3. The van der Waals surface area contributed by atoms with E-state index in [1.807, 2.05) is 30.3 Å². The summed E-state index contributed by atoms with van der Waals surface area (Å²) in [5.74, 6) is -0.370. The van der Waals surface area contributed by atoms with Gasteiger partial charge in [-0.25, -0.2) is 0 Å². The lowest BCUT2D eigenvalue weighted by Crippen LogP contribution is -2.54. The van der Waals surface area contributed by atoms with Gasteiger partial charge in [0.15, 0.2) is 6.10 Å². The fourth-order valence-corrected chi connectivity index (χ4v) is 3.24. The van der Waals surface area contributed by atoms with Gasteiger partial charge in [-0.2, -0.15) is 0 Å². The van der Waals surface area contributed by atoms with Crippen molar-refractivity contribution in [2.24, 2.45) is 5.73 Å². The zero-order valence-electron chi connectivity index (χ0n) is 13.0. The molecule has 4 N–H and O–H groups in total. The molecule has 1 aliphatic carbocycles. The van der Waals surface area contributed by atoms with Crippen molar-refractivity contribution in [3.63, 3.8) is 0 Å². The van der Waals surface area contributed by atoms with Crippen molar-refractivity contribution in [1.82, 2.24) is 10.6 Å². The number of hydrogen-bond acceptors (Lipinski definition) is 4. The van der Waals surface area contributed by atoms with Crippen molar-refractivity contribution in [3.8, 4) is 0 Å². The number of hydrogen-bond donors (Lipinski definition) is 3. The number of benzene rings is 1. The van der Waals surface area contributed by atoms with Gasteiger partial charge >= 0.3 is 0 Å². The second-order valence-electron chi connectivity index (χ2n) is 6.31. The molecule has 6 nitrogen and oxygen atoms in total. The first kappa shape index (κ1) is 16.0. The molecule has 6 heteroatoms. The highest BCUT2D eigenvalue weighted by molar-refractivity contribution is 5.86. The number of carbonyl (C=O) groups excluding carboxylic acids is 2. The van der Waals surface area contributed by atoms with Crippen LogP contribution in [0.4, 0.5) is 0 Å². The minimum absolute atomic E-state index is 0.0863. The van der Waals surface area contributed by atoms with E-state index < -0.39 is 12.1 Å². The van der Waals surface area contributed by atoms with E-state index in [0.717, 1.165) is 31.2 Å². The van der Waals surface area contributed by atoms with Crippen molar-refractivity contribution in [2.75, 3.05) is 6.61 Å². The largest absolute Gasteiger partial charge is 0.356 e. The normalized spacial score (nSPS) is 31.3. The van der Waals surface area contributed by atoms with Crippen LogP contribution in [-0.2, 0) is 14.3 Å². The minimum atomic E-state index is -0.703. The summed E-state index contributed by atoms with van der Waals surface area (Å²) < 4.78 is 5.53. The molecular weight excluding hydrogens is 294 g/mol. The molecule has 1 aromatic carbocycles. The predicted octanol–water partition coefficient (Wildman–Crippen LogP) is 0.629.